The molecule has 3 fully saturated rings. The molecule has 9 heteroatoms. The molecule has 3 atom stereocenters. The topological polar surface area (TPSA) is 85.6 Å². The summed E-state index contributed by atoms with van der Waals surface area (Å²) in [7, 11) is 2.24. The summed E-state index contributed by atoms with van der Waals surface area (Å²) in [5.41, 5.74) is 5.33. The molecular weight excluding hydrogens is 548 g/mol. The van der Waals surface area contributed by atoms with E-state index in [1.807, 2.05) is 6.07 Å². The van der Waals surface area contributed by atoms with Crippen LogP contribution in [-0.4, -0.2) is 76.6 Å². The zero-order chi connectivity index (χ0) is 29.1. The lowest BCUT2D eigenvalue weighted by Crippen LogP contribution is -2.55. The monoisotopic (exact) mass is 586 g/mol. The third-order valence-corrected chi connectivity index (χ3v) is 11.3. The molecule has 3 heterocycles. The van der Waals surface area contributed by atoms with E-state index in [9.17, 15) is 10.1 Å². The van der Waals surface area contributed by atoms with Gasteiger partial charge in [-0.05, 0) is 88.1 Å². The molecule has 0 N–H and O–H groups in total. The molecule has 1 amide bonds. The largest absolute Gasteiger partial charge is 0.462 e. The highest BCUT2D eigenvalue weighted by atomic mass is 35.5. The number of piperazine rings is 1. The molecular formula is C33H39ClN6O2. The molecule has 8 nitrogen and oxygen atoms in total. The van der Waals surface area contributed by atoms with Crippen molar-refractivity contribution in [2.45, 2.75) is 87.2 Å². The maximum Gasteiger partial charge on any atom is 0.318 e. The van der Waals surface area contributed by atoms with Gasteiger partial charge in [-0.3, -0.25) is 9.69 Å². The second-order valence-electron chi connectivity index (χ2n) is 13.0. The predicted molar refractivity (Wildman–Crippen MR) is 162 cm³/mol. The van der Waals surface area contributed by atoms with Crippen LogP contribution in [0.4, 0.5) is 5.82 Å². The maximum absolute atomic E-state index is 12.6. The predicted octanol–water partition coefficient (Wildman–Crippen LogP) is 4.63. The molecule has 2 aromatic rings. The number of carbonyl (C=O) groups is 1. The Kier molecular flexibility index (Phi) is 6.94. The van der Waals surface area contributed by atoms with Crippen LogP contribution in [0.3, 0.4) is 0 Å². The second-order valence-corrected chi connectivity index (χ2v) is 13.4. The lowest BCUT2D eigenvalue weighted by Gasteiger charge is -2.42. The van der Waals surface area contributed by atoms with Crippen molar-refractivity contribution in [3.63, 3.8) is 0 Å². The number of hydrogen-bond acceptors (Lipinski definition) is 7. The summed E-state index contributed by atoms with van der Waals surface area (Å²) in [6, 6.07) is 9.21. The third-order valence-electron chi connectivity index (χ3n) is 11.0. The molecule has 2 spiro atoms. The number of halogens is 1. The number of ether oxygens (including phenoxy) is 1. The van der Waals surface area contributed by atoms with Gasteiger partial charge in [0.15, 0.2) is 0 Å². The molecule has 42 heavy (non-hydrogen) atoms. The quantitative estimate of drug-likeness (QED) is 0.456. The van der Waals surface area contributed by atoms with Crippen molar-refractivity contribution in [2.75, 3.05) is 38.2 Å². The van der Waals surface area contributed by atoms with Crippen LogP contribution in [0, 0.1) is 11.3 Å². The van der Waals surface area contributed by atoms with Crippen molar-refractivity contribution in [1.82, 2.24) is 19.8 Å². The Hall–Kier alpha value is -3.15. The highest BCUT2D eigenvalue weighted by molar-refractivity contribution is 6.31. The average Bonchev–Trinajstić information content (AvgIpc) is 3.63. The first-order chi connectivity index (χ1) is 20.4. The number of fused-ring (bicyclic) bond motifs is 3. The van der Waals surface area contributed by atoms with Gasteiger partial charge in [-0.2, -0.15) is 15.2 Å². The number of carbonyl (C=O) groups excluding carboxylic acids is 1. The van der Waals surface area contributed by atoms with E-state index in [-0.39, 0.29) is 23.8 Å². The molecule has 2 aliphatic heterocycles. The Bertz CT molecular complexity index is 1470. The summed E-state index contributed by atoms with van der Waals surface area (Å²) in [5, 5.41) is 10.4. The number of rotatable bonds is 6. The fraction of sp³-hybridized carbons (Fsp3) is 0.576. The van der Waals surface area contributed by atoms with Gasteiger partial charge in [0, 0.05) is 47.2 Å². The van der Waals surface area contributed by atoms with Crippen molar-refractivity contribution < 1.29 is 9.53 Å². The lowest BCUT2D eigenvalue weighted by molar-refractivity contribution is -0.128. The molecule has 3 aliphatic carbocycles. The summed E-state index contributed by atoms with van der Waals surface area (Å²) in [6.45, 7) is 5.96. The summed E-state index contributed by atoms with van der Waals surface area (Å²) in [5.74, 6) is 0.777. The van der Waals surface area contributed by atoms with E-state index in [4.69, 9.17) is 26.3 Å². The van der Waals surface area contributed by atoms with Crippen LogP contribution in [0.25, 0.3) is 0 Å². The molecule has 0 bridgehead atoms. The Morgan fingerprint density at radius 1 is 1.17 bits per heavy atom. The number of likely N-dealkylation sites (N-methyl/N-ethyl adjacent to an activating group) is 1. The van der Waals surface area contributed by atoms with Gasteiger partial charge < -0.3 is 14.5 Å². The van der Waals surface area contributed by atoms with Crippen LogP contribution in [0.5, 0.6) is 6.01 Å². The number of nitriles is 1. The summed E-state index contributed by atoms with van der Waals surface area (Å²) in [4.78, 5) is 29.2. The standard InChI is InChI=1S/C33H39ClN6O2/c1-3-29(41)40-18-17-39(20-22(40)10-16-35)30-25-9-12-32(11-8-24-26(32)5-4-6-27(24)34)19-28(25)36-31(37-30)42-21-23-7-13-33(14-15-33)38(23)2/h3-6,22-23H,1,7-15,17-21H2,2H3/t22-,23?,32-/m0/s1. The molecule has 1 aromatic carbocycles. The van der Waals surface area contributed by atoms with Gasteiger partial charge >= 0.3 is 6.01 Å². The van der Waals surface area contributed by atoms with E-state index >= 15 is 0 Å². The first-order valence-electron chi connectivity index (χ1n) is 15.4. The molecule has 5 aliphatic rings. The number of hydrogen-bond donors (Lipinski definition) is 0. The molecule has 1 saturated carbocycles. The smallest absolute Gasteiger partial charge is 0.318 e. The average molecular weight is 587 g/mol. The van der Waals surface area contributed by atoms with E-state index in [0.717, 1.165) is 55.1 Å². The van der Waals surface area contributed by atoms with E-state index in [0.29, 0.717) is 43.8 Å². The Balaban J connectivity index is 1.21. The molecule has 1 unspecified atom stereocenters. The zero-order valence-corrected chi connectivity index (χ0v) is 25.2. The first-order valence-corrected chi connectivity index (χ1v) is 15.8. The van der Waals surface area contributed by atoms with Crippen LogP contribution in [-0.2, 0) is 29.5 Å². The number of nitrogens with zero attached hydrogens (tertiary/aromatic N) is 6. The number of anilines is 1. The Morgan fingerprint density at radius 2 is 1.98 bits per heavy atom. The normalized spacial score (nSPS) is 27.5. The van der Waals surface area contributed by atoms with Crippen LogP contribution in [0.15, 0.2) is 30.9 Å². The third kappa shape index (κ3) is 4.57. The van der Waals surface area contributed by atoms with Crippen molar-refractivity contribution in [3.05, 3.63) is 58.3 Å². The fourth-order valence-corrected chi connectivity index (χ4v) is 8.56. The van der Waals surface area contributed by atoms with Gasteiger partial charge in [-0.25, -0.2) is 0 Å². The van der Waals surface area contributed by atoms with Crippen LogP contribution in [0.2, 0.25) is 5.02 Å². The van der Waals surface area contributed by atoms with Crippen LogP contribution >= 0.6 is 11.6 Å². The Morgan fingerprint density at radius 3 is 2.71 bits per heavy atom. The van der Waals surface area contributed by atoms with Gasteiger partial charge in [0.25, 0.3) is 0 Å². The highest BCUT2D eigenvalue weighted by Gasteiger charge is 2.52. The molecule has 220 valence electrons. The minimum absolute atomic E-state index is 0.0264. The summed E-state index contributed by atoms with van der Waals surface area (Å²) >= 11 is 6.63. The zero-order valence-electron chi connectivity index (χ0n) is 24.4. The molecule has 1 aromatic heterocycles. The molecule has 0 radical (unpaired) electrons. The van der Waals surface area contributed by atoms with Gasteiger partial charge in [0.05, 0.1) is 24.2 Å². The fourth-order valence-electron chi connectivity index (χ4n) is 8.29. The van der Waals surface area contributed by atoms with E-state index in [2.05, 4.69) is 41.6 Å². The van der Waals surface area contributed by atoms with Crippen molar-refractivity contribution in [1.29, 1.82) is 5.26 Å². The first kappa shape index (κ1) is 27.7. The second kappa shape index (κ2) is 10.5. The SMILES string of the molecule is C=CC(=O)N1CCN(c2nc(OCC3CCC4(CC4)N3C)nc3c2CC[C@@]2(CCc4c(Cl)cccc42)C3)C[C@@H]1CC#N. The van der Waals surface area contributed by atoms with Gasteiger partial charge in [0.1, 0.15) is 12.4 Å². The van der Waals surface area contributed by atoms with Crippen LogP contribution < -0.4 is 9.64 Å². The Labute approximate surface area is 253 Å². The number of amides is 1. The number of benzene rings is 1. The minimum Gasteiger partial charge on any atom is -0.462 e. The summed E-state index contributed by atoms with van der Waals surface area (Å²) < 4.78 is 6.43. The summed E-state index contributed by atoms with van der Waals surface area (Å²) in [6.07, 6.45) is 11.4. The molecule has 7 rings (SSSR count). The van der Waals surface area contributed by atoms with E-state index in [1.54, 1.807) is 4.90 Å². The maximum atomic E-state index is 12.6. The van der Waals surface area contributed by atoms with Crippen molar-refractivity contribution >= 4 is 23.3 Å². The number of likely N-dealkylation sites (tertiary alicyclic amines) is 1. The van der Waals surface area contributed by atoms with Crippen molar-refractivity contribution in [3.8, 4) is 12.1 Å². The van der Waals surface area contributed by atoms with E-state index < -0.39 is 0 Å². The van der Waals surface area contributed by atoms with Crippen LogP contribution in [0.1, 0.15) is 67.3 Å². The highest BCUT2D eigenvalue weighted by Crippen LogP contribution is 2.52. The van der Waals surface area contributed by atoms with E-state index in [1.165, 1.54) is 42.0 Å². The minimum atomic E-state index is -0.218. The van der Waals surface area contributed by atoms with Gasteiger partial charge in [-0.15, -0.1) is 0 Å². The van der Waals surface area contributed by atoms with Crippen molar-refractivity contribution in [2.24, 2.45) is 0 Å². The van der Waals surface area contributed by atoms with Gasteiger partial charge in [-0.1, -0.05) is 30.3 Å². The number of aromatic nitrogens is 2. The van der Waals surface area contributed by atoms with Gasteiger partial charge in [0.2, 0.25) is 5.91 Å². The lowest BCUT2D eigenvalue weighted by atomic mass is 9.69. The molecule has 2 saturated heterocycles.